The van der Waals surface area contributed by atoms with E-state index in [0.29, 0.717) is 12.8 Å². The molecule has 1 heterocycles. The van der Waals surface area contributed by atoms with E-state index in [-0.39, 0.29) is 17.7 Å². The summed E-state index contributed by atoms with van der Waals surface area (Å²) in [7, 11) is 1.00. The molecular formula is C7H13NO3. The van der Waals surface area contributed by atoms with Crippen molar-refractivity contribution in [3.05, 3.63) is 0 Å². The standard InChI is InChI=1S/C6H9NO2.CH4O/c1-4-2-5(8)7-6(9)3-4;1-2/h4H,2-3H2,1H3,(H,7,8,9);2H,1H3. The van der Waals surface area contributed by atoms with Gasteiger partial charge in [-0.25, -0.2) is 0 Å². The fraction of sp³-hybridized carbons (Fsp3) is 0.714. The van der Waals surface area contributed by atoms with E-state index in [9.17, 15) is 9.59 Å². The maximum absolute atomic E-state index is 10.6. The lowest BCUT2D eigenvalue weighted by Gasteiger charge is -2.15. The van der Waals surface area contributed by atoms with Crippen LogP contribution in [0, 0.1) is 5.92 Å². The van der Waals surface area contributed by atoms with Crippen LogP contribution < -0.4 is 5.32 Å². The van der Waals surface area contributed by atoms with Gasteiger partial charge in [-0.1, -0.05) is 6.92 Å². The molecule has 11 heavy (non-hydrogen) atoms. The van der Waals surface area contributed by atoms with Crippen LogP contribution in [-0.2, 0) is 9.59 Å². The normalized spacial score (nSPS) is 18.5. The van der Waals surface area contributed by atoms with Crippen LogP contribution in [0.1, 0.15) is 19.8 Å². The Morgan fingerprint density at radius 1 is 1.27 bits per heavy atom. The highest BCUT2D eigenvalue weighted by Gasteiger charge is 2.20. The molecule has 1 fully saturated rings. The number of rotatable bonds is 0. The zero-order chi connectivity index (χ0) is 8.85. The molecule has 1 aliphatic rings. The van der Waals surface area contributed by atoms with E-state index in [1.807, 2.05) is 6.92 Å². The molecule has 2 amide bonds. The van der Waals surface area contributed by atoms with Crippen molar-refractivity contribution in [3.63, 3.8) is 0 Å². The predicted octanol–water partition coefficient (Wildman–Crippen LogP) is -0.332. The fourth-order valence-corrected chi connectivity index (χ4v) is 0.963. The zero-order valence-corrected chi connectivity index (χ0v) is 6.76. The van der Waals surface area contributed by atoms with Gasteiger partial charge in [0.05, 0.1) is 0 Å². The number of nitrogens with one attached hydrogen (secondary N) is 1. The van der Waals surface area contributed by atoms with Gasteiger partial charge in [0.15, 0.2) is 0 Å². The van der Waals surface area contributed by atoms with Crippen molar-refractivity contribution in [2.24, 2.45) is 5.92 Å². The van der Waals surface area contributed by atoms with E-state index < -0.39 is 0 Å². The molecule has 4 nitrogen and oxygen atoms in total. The molecule has 4 heteroatoms. The van der Waals surface area contributed by atoms with Crippen LogP contribution in [-0.4, -0.2) is 24.0 Å². The van der Waals surface area contributed by atoms with Gasteiger partial charge in [-0.3, -0.25) is 14.9 Å². The molecule has 0 aromatic heterocycles. The van der Waals surface area contributed by atoms with Gasteiger partial charge in [-0.05, 0) is 5.92 Å². The molecule has 0 aromatic rings. The summed E-state index contributed by atoms with van der Waals surface area (Å²) in [4.78, 5) is 21.1. The van der Waals surface area contributed by atoms with Gasteiger partial charge in [-0.15, -0.1) is 0 Å². The summed E-state index contributed by atoms with van der Waals surface area (Å²) in [6, 6.07) is 0. The highest BCUT2D eigenvalue weighted by atomic mass is 16.2. The van der Waals surface area contributed by atoms with Crippen LogP contribution in [0.25, 0.3) is 0 Å². The molecule has 0 aromatic carbocycles. The van der Waals surface area contributed by atoms with Crippen LogP contribution in [0.5, 0.6) is 0 Å². The quantitative estimate of drug-likeness (QED) is 0.475. The van der Waals surface area contributed by atoms with Crippen molar-refractivity contribution in [3.8, 4) is 0 Å². The number of hydrogen-bond acceptors (Lipinski definition) is 3. The topological polar surface area (TPSA) is 66.4 Å². The average molecular weight is 159 g/mol. The second kappa shape index (κ2) is 4.85. The second-order valence-corrected chi connectivity index (χ2v) is 2.48. The molecule has 0 spiro atoms. The summed E-state index contributed by atoms with van der Waals surface area (Å²) in [5.41, 5.74) is 0. The van der Waals surface area contributed by atoms with E-state index in [0.717, 1.165) is 7.11 Å². The Kier molecular flexibility index (Phi) is 4.45. The molecule has 1 saturated heterocycles. The number of piperidine rings is 1. The van der Waals surface area contributed by atoms with E-state index >= 15 is 0 Å². The Morgan fingerprint density at radius 2 is 1.64 bits per heavy atom. The number of carbonyl (C=O) groups is 2. The minimum atomic E-state index is -0.140. The zero-order valence-electron chi connectivity index (χ0n) is 6.76. The maximum atomic E-state index is 10.6. The largest absolute Gasteiger partial charge is 0.400 e. The number of aliphatic hydroxyl groups excluding tert-OH is 1. The van der Waals surface area contributed by atoms with Gasteiger partial charge in [-0.2, -0.15) is 0 Å². The summed E-state index contributed by atoms with van der Waals surface area (Å²) in [6.45, 7) is 1.90. The molecule has 2 N–H and O–H groups in total. The molecule has 0 aliphatic carbocycles. The minimum absolute atomic E-state index is 0.140. The lowest BCUT2D eigenvalue weighted by Crippen LogP contribution is -2.37. The summed E-state index contributed by atoms with van der Waals surface area (Å²) >= 11 is 0. The van der Waals surface area contributed by atoms with Crippen LogP contribution in [0.15, 0.2) is 0 Å². The molecular weight excluding hydrogens is 146 g/mol. The molecule has 0 atom stereocenters. The predicted molar refractivity (Wildman–Crippen MR) is 39.7 cm³/mol. The Balaban J connectivity index is 0.000000461. The third kappa shape index (κ3) is 3.72. The number of aliphatic hydroxyl groups is 1. The number of amides is 2. The maximum Gasteiger partial charge on any atom is 0.226 e. The van der Waals surface area contributed by atoms with E-state index in [2.05, 4.69) is 5.32 Å². The lowest BCUT2D eigenvalue weighted by atomic mass is 10.00. The summed E-state index contributed by atoms with van der Waals surface area (Å²) in [6.07, 6.45) is 0.984. The van der Waals surface area contributed by atoms with E-state index in [1.165, 1.54) is 0 Å². The third-order valence-electron chi connectivity index (χ3n) is 1.35. The molecule has 1 aliphatic heterocycles. The van der Waals surface area contributed by atoms with Crippen molar-refractivity contribution in [1.82, 2.24) is 5.32 Å². The smallest absolute Gasteiger partial charge is 0.226 e. The highest BCUT2D eigenvalue weighted by molar-refractivity contribution is 5.97. The van der Waals surface area contributed by atoms with Gasteiger partial charge in [0.2, 0.25) is 11.8 Å². The third-order valence-corrected chi connectivity index (χ3v) is 1.35. The first-order valence-corrected chi connectivity index (χ1v) is 3.46. The number of hydrogen-bond donors (Lipinski definition) is 2. The Bertz CT molecular complexity index is 140. The SMILES string of the molecule is CC1CC(=O)NC(=O)C1.CO. The van der Waals surface area contributed by atoms with Crippen molar-refractivity contribution >= 4 is 11.8 Å². The van der Waals surface area contributed by atoms with Crippen LogP contribution in [0.2, 0.25) is 0 Å². The monoisotopic (exact) mass is 159 g/mol. The first-order chi connectivity index (χ1) is 5.18. The molecule has 0 bridgehead atoms. The molecule has 0 unspecified atom stereocenters. The van der Waals surface area contributed by atoms with Crippen molar-refractivity contribution in [2.45, 2.75) is 19.8 Å². The van der Waals surface area contributed by atoms with Gasteiger partial charge in [0.25, 0.3) is 0 Å². The fourth-order valence-electron chi connectivity index (χ4n) is 0.963. The minimum Gasteiger partial charge on any atom is -0.400 e. The first kappa shape index (κ1) is 10.1. The van der Waals surface area contributed by atoms with E-state index in [4.69, 9.17) is 5.11 Å². The van der Waals surface area contributed by atoms with Crippen LogP contribution >= 0.6 is 0 Å². The van der Waals surface area contributed by atoms with E-state index in [1.54, 1.807) is 0 Å². The second-order valence-electron chi connectivity index (χ2n) is 2.48. The van der Waals surface area contributed by atoms with Crippen molar-refractivity contribution < 1.29 is 14.7 Å². The van der Waals surface area contributed by atoms with Crippen molar-refractivity contribution in [2.75, 3.05) is 7.11 Å². The van der Waals surface area contributed by atoms with Gasteiger partial charge >= 0.3 is 0 Å². The van der Waals surface area contributed by atoms with Crippen LogP contribution in [0.3, 0.4) is 0 Å². The van der Waals surface area contributed by atoms with Gasteiger partial charge in [0.1, 0.15) is 0 Å². The molecule has 0 saturated carbocycles. The van der Waals surface area contributed by atoms with Gasteiger partial charge in [0, 0.05) is 20.0 Å². The average Bonchev–Trinajstić information content (AvgIpc) is 1.88. The van der Waals surface area contributed by atoms with Gasteiger partial charge < -0.3 is 5.11 Å². The summed E-state index contributed by atoms with van der Waals surface area (Å²) in [5, 5.41) is 9.23. The highest BCUT2D eigenvalue weighted by Crippen LogP contribution is 2.10. The molecule has 0 radical (unpaired) electrons. The Labute approximate surface area is 65.6 Å². The lowest BCUT2D eigenvalue weighted by molar-refractivity contribution is -0.134. The summed E-state index contributed by atoms with van der Waals surface area (Å²) < 4.78 is 0. The number of carbonyl (C=O) groups excluding carboxylic acids is 2. The molecule has 1 rings (SSSR count). The van der Waals surface area contributed by atoms with Crippen molar-refractivity contribution in [1.29, 1.82) is 0 Å². The Morgan fingerprint density at radius 3 is 1.91 bits per heavy atom. The first-order valence-electron chi connectivity index (χ1n) is 3.46. The Hall–Kier alpha value is -0.900. The molecule has 64 valence electrons. The summed E-state index contributed by atoms with van der Waals surface area (Å²) in [5.74, 6) is -0.0521. The number of imide groups is 1. The van der Waals surface area contributed by atoms with Crippen LogP contribution in [0.4, 0.5) is 0 Å².